The van der Waals surface area contributed by atoms with Gasteiger partial charge in [0.15, 0.2) is 0 Å². The molecule has 1 saturated heterocycles. The van der Waals surface area contributed by atoms with Crippen LogP contribution in [0.15, 0.2) is 0 Å². The van der Waals surface area contributed by atoms with E-state index in [0.29, 0.717) is 6.54 Å². The molecule has 1 aliphatic rings. The zero-order chi connectivity index (χ0) is 10.9. The van der Waals surface area contributed by atoms with Gasteiger partial charge in [-0.1, -0.05) is 6.92 Å². The molecule has 0 saturated carbocycles. The molecular formula is C10H20N2O2. The van der Waals surface area contributed by atoms with E-state index in [1.165, 1.54) is 0 Å². The second kappa shape index (κ2) is 3.77. The first-order valence-electron chi connectivity index (χ1n) is 5.10. The Bertz CT molecular complexity index is 223. The quantitative estimate of drug-likeness (QED) is 0.695. The van der Waals surface area contributed by atoms with Gasteiger partial charge in [0.25, 0.3) is 0 Å². The number of amides is 1. The molecule has 1 fully saturated rings. The van der Waals surface area contributed by atoms with Gasteiger partial charge in [-0.3, -0.25) is 0 Å². The van der Waals surface area contributed by atoms with Crippen molar-refractivity contribution in [3.05, 3.63) is 0 Å². The number of nitrogens with zero attached hydrogens (tertiary/aromatic N) is 1. The van der Waals surface area contributed by atoms with Crippen LogP contribution in [0.2, 0.25) is 0 Å². The summed E-state index contributed by atoms with van der Waals surface area (Å²) in [5, 5.41) is 0. The molecule has 2 N–H and O–H groups in total. The Balaban J connectivity index is 2.47. The van der Waals surface area contributed by atoms with Crippen molar-refractivity contribution in [2.24, 2.45) is 5.73 Å². The molecule has 2 atom stereocenters. The van der Waals surface area contributed by atoms with Crippen molar-refractivity contribution in [3.8, 4) is 0 Å². The predicted molar refractivity (Wildman–Crippen MR) is 55.0 cm³/mol. The number of carbonyl (C=O) groups excluding carboxylic acids is 1. The molecule has 1 amide bonds. The number of likely N-dealkylation sites (tertiary alicyclic amines) is 1. The Hall–Kier alpha value is -0.770. The SMILES string of the molecule is CC[C@@H]1[C@@H](N)CN1C(=O)OC(C)(C)C. The molecule has 1 heterocycles. The van der Waals surface area contributed by atoms with Gasteiger partial charge in [0, 0.05) is 12.6 Å². The van der Waals surface area contributed by atoms with Crippen LogP contribution >= 0.6 is 0 Å². The number of carbonyl (C=O) groups is 1. The van der Waals surface area contributed by atoms with E-state index >= 15 is 0 Å². The number of nitrogens with two attached hydrogens (primary N) is 1. The van der Waals surface area contributed by atoms with Gasteiger partial charge in [-0.2, -0.15) is 0 Å². The smallest absolute Gasteiger partial charge is 0.410 e. The highest BCUT2D eigenvalue weighted by Crippen LogP contribution is 2.22. The third-order valence-electron chi connectivity index (χ3n) is 2.35. The van der Waals surface area contributed by atoms with Gasteiger partial charge in [0.1, 0.15) is 5.60 Å². The van der Waals surface area contributed by atoms with Crippen molar-refractivity contribution in [1.82, 2.24) is 4.90 Å². The van der Waals surface area contributed by atoms with Crippen molar-refractivity contribution in [3.63, 3.8) is 0 Å². The van der Waals surface area contributed by atoms with Crippen LogP contribution < -0.4 is 5.73 Å². The maximum absolute atomic E-state index is 11.6. The molecule has 4 heteroatoms. The first kappa shape index (κ1) is 11.3. The van der Waals surface area contributed by atoms with Gasteiger partial charge in [0.05, 0.1) is 6.04 Å². The van der Waals surface area contributed by atoms with Crippen LogP contribution in [0.3, 0.4) is 0 Å². The standard InChI is InChI=1S/C10H20N2O2/c1-5-8-7(11)6-12(8)9(13)14-10(2,3)4/h7-8H,5-6,11H2,1-4H3/t7-,8+/m0/s1. The molecule has 0 spiro atoms. The number of ether oxygens (including phenoxy) is 1. The minimum absolute atomic E-state index is 0.118. The maximum Gasteiger partial charge on any atom is 0.410 e. The average molecular weight is 200 g/mol. The summed E-state index contributed by atoms with van der Waals surface area (Å²) in [7, 11) is 0. The Morgan fingerprint density at radius 1 is 1.57 bits per heavy atom. The summed E-state index contributed by atoms with van der Waals surface area (Å²) in [6.45, 7) is 8.25. The summed E-state index contributed by atoms with van der Waals surface area (Å²) in [6, 6.07) is 0.275. The largest absolute Gasteiger partial charge is 0.444 e. The van der Waals surface area contributed by atoms with Crippen molar-refractivity contribution >= 4 is 6.09 Å². The van der Waals surface area contributed by atoms with Gasteiger partial charge in [0.2, 0.25) is 0 Å². The normalized spacial score (nSPS) is 27.1. The molecule has 14 heavy (non-hydrogen) atoms. The minimum Gasteiger partial charge on any atom is -0.444 e. The van der Waals surface area contributed by atoms with E-state index in [1.54, 1.807) is 4.90 Å². The number of rotatable bonds is 1. The Kier molecular flexibility index (Phi) is 3.04. The highest BCUT2D eigenvalue weighted by atomic mass is 16.6. The van der Waals surface area contributed by atoms with Crippen molar-refractivity contribution < 1.29 is 9.53 Å². The molecule has 0 bridgehead atoms. The maximum atomic E-state index is 11.6. The molecule has 1 aliphatic heterocycles. The van der Waals surface area contributed by atoms with Crippen LogP contribution in [0, 0.1) is 0 Å². The molecule has 82 valence electrons. The first-order valence-corrected chi connectivity index (χ1v) is 5.10. The monoisotopic (exact) mass is 200 g/mol. The Morgan fingerprint density at radius 3 is 2.50 bits per heavy atom. The Labute approximate surface area is 85.4 Å². The van der Waals surface area contributed by atoms with Crippen LogP contribution in [0.1, 0.15) is 34.1 Å². The topological polar surface area (TPSA) is 55.6 Å². The van der Waals surface area contributed by atoms with Gasteiger partial charge in [-0.25, -0.2) is 4.79 Å². The summed E-state index contributed by atoms with van der Waals surface area (Å²) >= 11 is 0. The van der Waals surface area contributed by atoms with Crippen LogP contribution in [0.4, 0.5) is 4.79 Å². The van der Waals surface area contributed by atoms with Gasteiger partial charge in [-0.05, 0) is 27.2 Å². The van der Waals surface area contributed by atoms with Crippen LogP contribution in [-0.2, 0) is 4.74 Å². The summed E-state index contributed by atoms with van der Waals surface area (Å²) in [6.07, 6.45) is 0.645. The minimum atomic E-state index is -0.422. The summed E-state index contributed by atoms with van der Waals surface area (Å²) < 4.78 is 5.25. The summed E-state index contributed by atoms with van der Waals surface area (Å²) in [4.78, 5) is 13.3. The van der Waals surface area contributed by atoms with Gasteiger partial charge >= 0.3 is 6.09 Å². The molecule has 4 nitrogen and oxygen atoms in total. The zero-order valence-electron chi connectivity index (χ0n) is 9.41. The molecule has 0 radical (unpaired) electrons. The van der Waals surface area contributed by atoms with E-state index in [0.717, 1.165) is 6.42 Å². The number of hydrogen-bond acceptors (Lipinski definition) is 3. The molecule has 0 unspecified atom stereocenters. The van der Waals surface area contributed by atoms with Crippen molar-refractivity contribution in [1.29, 1.82) is 0 Å². The first-order chi connectivity index (χ1) is 6.35. The fourth-order valence-corrected chi connectivity index (χ4v) is 1.63. The fourth-order valence-electron chi connectivity index (χ4n) is 1.63. The van der Waals surface area contributed by atoms with Crippen LogP contribution in [0.25, 0.3) is 0 Å². The third-order valence-corrected chi connectivity index (χ3v) is 2.35. The molecule has 0 aromatic rings. The van der Waals surface area contributed by atoms with Gasteiger partial charge in [-0.15, -0.1) is 0 Å². The molecule has 0 aromatic carbocycles. The predicted octanol–water partition coefficient (Wildman–Crippen LogP) is 1.34. The van der Waals surface area contributed by atoms with E-state index in [-0.39, 0.29) is 18.2 Å². The summed E-state index contributed by atoms with van der Waals surface area (Å²) in [5.74, 6) is 0. The molecular weight excluding hydrogens is 180 g/mol. The number of hydrogen-bond donors (Lipinski definition) is 1. The lowest BCUT2D eigenvalue weighted by molar-refractivity contribution is -0.0133. The lowest BCUT2D eigenvalue weighted by Crippen LogP contribution is -2.66. The second-order valence-corrected chi connectivity index (χ2v) is 4.77. The van der Waals surface area contributed by atoms with E-state index in [4.69, 9.17) is 10.5 Å². The van der Waals surface area contributed by atoms with E-state index in [1.807, 2.05) is 27.7 Å². The fraction of sp³-hybridized carbons (Fsp3) is 0.900. The lowest BCUT2D eigenvalue weighted by Gasteiger charge is -2.45. The van der Waals surface area contributed by atoms with E-state index < -0.39 is 5.60 Å². The molecule has 0 aliphatic carbocycles. The Morgan fingerprint density at radius 2 is 2.14 bits per heavy atom. The van der Waals surface area contributed by atoms with E-state index in [9.17, 15) is 4.79 Å². The van der Waals surface area contributed by atoms with E-state index in [2.05, 4.69) is 0 Å². The summed E-state index contributed by atoms with van der Waals surface area (Å²) in [5.41, 5.74) is 5.35. The van der Waals surface area contributed by atoms with Crippen LogP contribution in [0.5, 0.6) is 0 Å². The van der Waals surface area contributed by atoms with Gasteiger partial charge < -0.3 is 15.4 Å². The van der Waals surface area contributed by atoms with Crippen molar-refractivity contribution in [2.75, 3.05) is 6.54 Å². The molecule has 0 aromatic heterocycles. The van der Waals surface area contributed by atoms with Crippen LogP contribution in [-0.4, -0.2) is 35.2 Å². The zero-order valence-corrected chi connectivity index (χ0v) is 9.41. The lowest BCUT2D eigenvalue weighted by atomic mass is 9.96. The van der Waals surface area contributed by atoms with Crippen molar-refractivity contribution in [2.45, 2.75) is 51.8 Å². The average Bonchev–Trinajstić information content (AvgIpc) is 1.97. The molecule has 1 rings (SSSR count). The highest BCUT2D eigenvalue weighted by molar-refractivity contribution is 5.70. The second-order valence-electron chi connectivity index (χ2n) is 4.77. The third kappa shape index (κ3) is 2.38. The highest BCUT2D eigenvalue weighted by Gasteiger charge is 2.40.